The van der Waals surface area contributed by atoms with Crippen LogP contribution in [0.5, 0.6) is 0 Å². The number of carbonyl (C=O) groups is 1. The molecule has 0 aliphatic rings. The molecule has 20 heavy (non-hydrogen) atoms. The van der Waals surface area contributed by atoms with E-state index in [0.717, 1.165) is 10.7 Å². The van der Waals surface area contributed by atoms with Crippen LogP contribution in [0.1, 0.15) is 25.3 Å². The lowest BCUT2D eigenvalue weighted by Gasteiger charge is -2.21. The van der Waals surface area contributed by atoms with Crippen LogP contribution in [0.25, 0.3) is 0 Å². The number of rotatable bonds is 8. The Labute approximate surface area is 119 Å². The lowest BCUT2D eigenvalue weighted by atomic mass is 10.2. The first kappa shape index (κ1) is 16.6. The average molecular weight is 300 g/mol. The summed E-state index contributed by atoms with van der Waals surface area (Å²) in [6.45, 7) is 1.83. The van der Waals surface area contributed by atoms with Crippen LogP contribution in [0.4, 0.5) is 0 Å². The summed E-state index contributed by atoms with van der Waals surface area (Å²) in [5, 5.41) is 8.54. The van der Waals surface area contributed by atoms with Crippen molar-refractivity contribution in [3.8, 4) is 0 Å². The Bertz CT molecular complexity index is 516. The number of unbranched alkanes of at least 4 members (excludes halogenated alkanes) is 1. The van der Waals surface area contributed by atoms with Gasteiger partial charge in [0.15, 0.2) is 0 Å². The molecule has 112 valence electrons. The molecule has 0 heterocycles. The zero-order valence-electron chi connectivity index (χ0n) is 11.4. The molecule has 0 saturated heterocycles. The molecule has 1 aromatic carbocycles. The maximum Gasteiger partial charge on any atom is 0.258 e. The summed E-state index contributed by atoms with van der Waals surface area (Å²) in [4.78, 5) is 11.2. The van der Waals surface area contributed by atoms with E-state index in [0.29, 0.717) is 12.0 Å². The standard InChI is InChI=1S/C13H20N2O4S/c1-2-3-9-15(10-13(16)14-17)20(18,19)11-12-7-5-4-6-8-12/h4-8,17H,2-3,9-11H2,1H3,(H,14,16). The molecule has 0 bridgehead atoms. The number of hydrogen-bond acceptors (Lipinski definition) is 4. The maximum absolute atomic E-state index is 12.3. The minimum absolute atomic E-state index is 0.156. The number of hydroxylamine groups is 1. The highest BCUT2D eigenvalue weighted by Gasteiger charge is 2.24. The molecule has 2 N–H and O–H groups in total. The number of sulfonamides is 1. The average Bonchev–Trinajstić information content (AvgIpc) is 2.43. The predicted octanol–water partition coefficient (Wildman–Crippen LogP) is 1.12. The second-order valence-electron chi connectivity index (χ2n) is 4.46. The molecule has 0 aromatic heterocycles. The zero-order valence-corrected chi connectivity index (χ0v) is 12.3. The van der Waals surface area contributed by atoms with Gasteiger partial charge in [0.05, 0.1) is 12.3 Å². The molecule has 1 aromatic rings. The Morgan fingerprint density at radius 1 is 1.30 bits per heavy atom. The van der Waals surface area contributed by atoms with Gasteiger partial charge in [0.25, 0.3) is 5.91 Å². The number of nitrogens with zero attached hydrogens (tertiary/aromatic N) is 1. The number of hydrogen-bond donors (Lipinski definition) is 2. The lowest BCUT2D eigenvalue weighted by molar-refractivity contribution is -0.129. The van der Waals surface area contributed by atoms with Gasteiger partial charge in [-0.25, -0.2) is 13.9 Å². The van der Waals surface area contributed by atoms with Gasteiger partial charge in [-0.15, -0.1) is 0 Å². The van der Waals surface area contributed by atoms with E-state index in [4.69, 9.17) is 5.21 Å². The minimum atomic E-state index is -3.59. The molecule has 0 atom stereocenters. The molecular weight excluding hydrogens is 280 g/mol. The molecular formula is C13H20N2O4S. The number of nitrogens with one attached hydrogen (secondary N) is 1. The van der Waals surface area contributed by atoms with E-state index < -0.39 is 15.9 Å². The summed E-state index contributed by atoms with van der Waals surface area (Å²) >= 11 is 0. The van der Waals surface area contributed by atoms with Gasteiger partial charge in [-0.05, 0) is 12.0 Å². The Hall–Kier alpha value is -1.44. The van der Waals surface area contributed by atoms with Crippen molar-refractivity contribution in [3.05, 3.63) is 35.9 Å². The van der Waals surface area contributed by atoms with Gasteiger partial charge >= 0.3 is 0 Å². The largest absolute Gasteiger partial charge is 0.289 e. The van der Waals surface area contributed by atoms with E-state index in [2.05, 4.69) is 0 Å². The fraction of sp³-hybridized carbons (Fsp3) is 0.462. The molecule has 0 saturated carbocycles. The van der Waals surface area contributed by atoms with Crippen molar-refractivity contribution < 1.29 is 18.4 Å². The first-order chi connectivity index (χ1) is 9.49. The van der Waals surface area contributed by atoms with E-state index in [1.807, 2.05) is 13.0 Å². The van der Waals surface area contributed by atoms with Crippen molar-refractivity contribution in [1.29, 1.82) is 0 Å². The van der Waals surface area contributed by atoms with Crippen molar-refractivity contribution in [2.24, 2.45) is 0 Å². The summed E-state index contributed by atoms with van der Waals surface area (Å²) in [5.41, 5.74) is 2.13. The van der Waals surface area contributed by atoms with Crippen LogP contribution in [0.15, 0.2) is 30.3 Å². The van der Waals surface area contributed by atoms with Gasteiger partial charge in [-0.2, -0.15) is 4.31 Å². The summed E-state index contributed by atoms with van der Waals surface area (Å²) in [7, 11) is -3.59. The van der Waals surface area contributed by atoms with Gasteiger partial charge in [0, 0.05) is 6.54 Å². The first-order valence-corrected chi connectivity index (χ1v) is 8.05. The summed E-state index contributed by atoms with van der Waals surface area (Å²) in [5.74, 6) is -0.895. The monoisotopic (exact) mass is 300 g/mol. The van der Waals surface area contributed by atoms with Crippen LogP contribution >= 0.6 is 0 Å². The molecule has 0 unspecified atom stereocenters. The quantitative estimate of drug-likeness (QED) is 0.556. The van der Waals surface area contributed by atoms with Crippen LogP contribution in [-0.2, 0) is 20.6 Å². The van der Waals surface area contributed by atoms with Crippen LogP contribution in [0.3, 0.4) is 0 Å². The number of carbonyl (C=O) groups excluding carboxylic acids is 1. The topological polar surface area (TPSA) is 86.7 Å². The normalized spacial score (nSPS) is 11.6. The van der Waals surface area contributed by atoms with Crippen LogP contribution < -0.4 is 5.48 Å². The van der Waals surface area contributed by atoms with Gasteiger partial charge in [0.2, 0.25) is 10.0 Å². The second-order valence-corrected chi connectivity index (χ2v) is 6.43. The van der Waals surface area contributed by atoms with Crippen molar-refractivity contribution in [2.75, 3.05) is 13.1 Å². The Kier molecular flexibility index (Phi) is 6.63. The van der Waals surface area contributed by atoms with Gasteiger partial charge in [-0.1, -0.05) is 43.7 Å². The van der Waals surface area contributed by atoms with Crippen LogP contribution in [0.2, 0.25) is 0 Å². The van der Waals surface area contributed by atoms with E-state index >= 15 is 0 Å². The molecule has 0 spiro atoms. The maximum atomic E-state index is 12.3. The summed E-state index contributed by atoms with van der Waals surface area (Å²) in [6, 6.07) is 8.79. The van der Waals surface area contributed by atoms with Gasteiger partial charge in [0.1, 0.15) is 0 Å². The highest BCUT2D eigenvalue weighted by molar-refractivity contribution is 7.88. The second kappa shape index (κ2) is 7.98. The fourth-order valence-electron chi connectivity index (χ4n) is 1.72. The fourth-order valence-corrected chi connectivity index (χ4v) is 3.24. The van der Waals surface area contributed by atoms with Crippen molar-refractivity contribution in [1.82, 2.24) is 9.79 Å². The van der Waals surface area contributed by atoms with Crippen molar-refractivity contribution in [3.63, 3.8) is 0 Å². The minimum Gasteiger partial charge on any atom is -0.289 e. The van der Waals surface area contributed by atoms with Crippen molar-refractivity contribution >= 4 is 15.9 Å². The molecule has 0 fully saturated rings. The molecule has 6 nitrogen and oxygen atoms in total. The molecule has 1 amide bonds. The Morgan fingerprint density at radius 3 is 2.50 bits per heavy atom. The molecule has 0 radical (unpaired) electrons. The Balaban J connectivity index is 2.83. The predicted molar refractivity (Wildman–Crippen MR) is 75.5 cm³/mol. The summed E-state index contributed by atoms with van der Waals surface area (Å²) in [6.07, 6.45) is 1.48. The van der Waals surface area contributed by atoms with E-state index in [1.165, 1.54) is 5.48 Å². The van der Waals surface area contributed by atoms with E-state index in [1.54, 1.807) is 24.3 Å². The van der Waals surface area contributed by atoms with Crippen LogP contribution in [-0.4, -0.2) is 36.9 Å². The smallest absolute Gasteiger partial charge is 0.258 e. The van der Waals surface area contributed by atoms with E-state index in [9.17, 15) is 13.2 Å². The van der Waals surface area contributed by atoms with Crippen LogP contribution in [0, 0.1) is 0 Å². The molecule has 0 aliphatic heterocycles. The zero-order chi connectivity index (χ0) is 15.0. The van der Waals surface area contributed by atoms with Crippen molar-refractivity contribution in [2.45, 2.75) is 25.5 Å². The number of amides is 1. The third kappa shape index (κ3) is 5.28. The Morgan fingerprint density at radius 2 is 1.95 bits per heavy atom. The molecule has 1 rings (SSSR count). The highest BCUT2D eigenvalue weighted by atomic mass is 32.2. The lowest BCUT2D eigenvalue weighted by Crippen LogP contribution is -2.40. The third-order valence-electron chi connectivity index (χ3n) is 2.79. The first-order valence-electron chi connectivity index (χ1n) is 6.44. The van der Waals surface area contributed by atoms with Gasteiger partial charge < -0.3 is 0 Å². The molecule has 7 heteroatoms. The SMILES string of the molecule is CCCCN(CC(=O)NO)S(=O)(=O)Cc1ccccc1. The summed E-state index contributed by atoms with van der Waals surface area (Å²) < 4.78 is 25.7. The third-order valence-corrected chi connectivity index (χ3v) is 4.59. The van der Waals surface area contributed by atoms with E-state index in [-0.39, 0.29) is 18.8 Å². The number of benzene rings is 1. The highest BCUT2D eigenvalue weighted by Crippen LogP contribution is 2.11. The van der Waals surface area contributed by atoms with Gasteiger partial charge in [-0.3, -0.25) is 10.0 Å². The molecule has 0 aliphatic carbocycles.